The summed E-state index contributed by atoms with van der Waals surface area (Å²) >= 11 is 3.50. The molecule has 1 heterocycles. The fourth-order valence-electron chi connectivity index (χ4n) is 4.29. The highest BCUT2D eigenvalue weighted by molar-refractivity contribution is 9.09. The van der Waals surface area contributed by atoms with Gasteiger partial charge in [-0.3, -0.25) is 4.79 Å². The molecule has 2 nitrogen and oxygen atoms in total. The smallest absolute Gasteiger partial charge is 0.226 e. The molecule has 0 bridgehead atoms. The summed E-state index contributed by atoms with van der Waals surface area (Å²) in [4.78, 5) is 14.9. The van der Waals surface area contributed by atoms with Gasteiger partial charge in [-0.15, -0.1) is 0 Å². The number of rotatable bonds is 4. The predicted octanol–water partition coefficient (Wildman–Crippen LogP) is 3.59. The van der Waals surface area contributed by atoms with E-state index >= 15 is 0 Å². The highest BCUT2D eigenvalue weighted by Crippen LogP contribution is 2.56. The monoisotopic (exact) mass is 313 g/mol. The molecule has 3 atom stereocenters. The zero-order chi connectivity index (χ0) is 12.5. The third-order valence-electron chi connectivity index (χ3n) is 5.27. The topological polar surface area (TPSA) is 20.3 Å². The summed E-state index contributed by atoms with van der Waals surface area (Å²) in [5.41, 5.74) is 0. The lowest BCUT2D eigenvalue weighted by atomic mass is 10.0. The van der Waals surface area contributed by atoms with Crippen molar-refractivity contribution in [1.82, 2.24) is 4.90 Å². The molecule has 3 heteroatoms. The van der Waals surface area contributed by atoms with Crippen molar-refractivity contribution in [1.29, 1.82) is 0 Å². The summed E-state index contributed by atoms with van der Waals surface area (Å²) in [6.45, 7) is 1.03. The number of carbonyl (C=O) groups is 1. The van der Waals surface area contributed by atoms with Crippen molar-refractivity contribution in [2.45, 2.75) is 57.4 Å². The van der Waals surface area contributed by atoms with Gasteiger partial charge in [0.25, 0.3) is 0 Å². The lowest BCUT2D eigenvalue weighted by Crippen LogP contribution is -2.37. The molecule has 0 radical (unpaired) electrons. The van der Waals surface area contributed by atoms with Crippen LogP contribution in [-0.4, -0.2) is 28.7 Å². The van der Waals surface area contributed by atoms with Crippen LogP contribution in [0.15, 0.2) is 0 Å². The Hall–Kier alpha value is -0.0500. The Morgan fingerprint density at radius 1 is 1.11 bits per heavy atom. The summed E-state index contributed by atoms with van der Waals surface area (Å²) in [6.07, 6.45) is 10.2. The average Bonchev–Trinajstić information content (AvgIpc) is 2.94. The van der Waals surface area contributed by atoms with Gasteiger partial charge >= 0.3 is 0 Å². The molecule has 18 heavy (non-hydrogen) atoms. The second-order valence-corrected chi connectivity index (χ2v) is 7.09. The molecule has 0 N–H and O–H groups in total. The van der Waals surface area contributed by atoms with E-state index in [4.69, 9.17) is 0 Å². The van der Waals surface area contributed by atoms with Crippen LogP contribution in [0.3, 0.4) is 0 Å². The molecule has 3 aliphatic rings. The molecule has 1 saturated heterocycles. The van der Waals surface area contributed by atoms with Crippen molar-refractivity contribution in [3.05, 3.63) is 0 Å². The standard InChI is InChI=1S/C15H24BrNO/c16-9-3-5-11-6-4-10-17(11)15(18)14-12-7-1-2-8-13(12)14/h11-14H,1-10H2. The van der Waals surface area contributed by atoms with Crippen LogP contribution in [0.4, 0.5) is 0 Å². The number of amides is 1. The Labute approximate surface area is 119 Å². The summed E-state index contributed by atoms with van der Waals surface area (Å²) in [7, 11) is 0. The molecule has 2 saturated carbocycles. The summed E-state index contributed by atoms with van der Waals surface area (Å²) in [5, 5.41) is 1.07. The van der Waals surface area contributed by atoms with Crippen molar-refractivity contribution < 1.29 is 4.79 Å². The fourth-order valence-corrected chi connectivity index (χ4v) is 4.61. The Bertz CT molecular complexity index is 308. The number of alkyl halides is 1. The van der Waals surface area contributed by atoms with E-state index in [1.807, 2.05) is 0 Å². The van der Waals surface area contributed by atoms with Crippen LogP contribution in [0.25, 0.3) is 0 Å². The van der Waals surface area contributed by atoms with Gasteiger partial charge in [0.2, 0.25) is 5.91 Å². The molecule has 1 aliphatic heterocycles. The van der Waals surface area contributed by atoms with Crippen LogP contribution in [0, 0.1) is 17.8 Å². The maximum absolute atomic E-state index is 12.7. The molecular weight excluding hydrogens is 290 g/mol. The normalized spacial score (nSPS) is 38.6. The van der Waals surface area contributed by atoms with Gasteiger partial charge in [-0.05, 0) is 50.4 Å². The molecule has 3 fully saturated rings. The van der Waals surface area contributed by atoms with Gasteiger partial charge in [0.1, 0.15) is 0 Å². The minimum Gasteiger partial charge on any atom is -0.339 e. The first-order valence-electron chi connectivity index (χ1n) is 7.69. The zero-order valence-electron chi connectivity index (χ0n) is 11.1. The van der Waals surface area contributed by atoms with Crippen molar-refractivity contribution in [2.24, 2.45) is 17.8 Å². The van der Waals surface area contributed by atoms with E-state index in [2.05, 4.69) is 20.8 Å². The number of nitrogens with zero attached hydrogens (tertiary/aromatic N) is 1. The number of hydrogen-bond acceptors (Lipinski definition) is 1. The van der Waals surface area contributed by atoms with Gasteiger partial charge in [0, 0.05) is 23.8 Å². The summed E-state index contributed by atoms with van der Waals surface area (Å²) < 4.78 is 0. The Morgan fingerprint density at radius 2 is 1.83 bits per heavy atom. The first-order chi connectivity index (χ1) is 8.83. The molecule has 2 aliphatic carbocycles. The van der Waals surface area contributed by atoms with E-state index in [1.54, 1.807) is 0 Å². The third-order valence-corrected chi connectivity index (χ3v) is 5.83. The Balaban J connectivity index is 1.58. The zero-order valence-corrected chi connectivity index (χ0v) is 12.7. The van der Waals surface area contributed by atoms with Crippen LogP contribution in [-0.2, 0) is 4.79 Å². The van der Waals surface area contributed by atoms with Crippen molar-refractivity contribution in [3.8, 4) is 0 Å². The van der Waals surface area contributed by atoms with Crippen molar-refractivity contribution >= 4 is 21.8 Å². The van der Waals surface area contributed by atoms with Gasteiger partial charge in [-0.25, -0.2) is 0 Å². The minimum atomic E-state index is 0.428. The summed E-state index contributed by atoms with van der Waals surface area (Å²) in [6, 6.07) is 0.553. The molecule has 1 amide bonds. The minimum absolute atomic E-state index is 0.428. The van der Waals surface area contributed by atoms with E-state index in [0.29, 0.717) is 17.9 Å². The van der Waals surface area contributed by atoms with Crippen LogP contribution in [0.2, 0.25) is 0 Å². The lowest BCUT2D eigenvalue weighted by molar-refractivity contribution is -0.134. The van der Waals surface area contributed by atoms with Crippen LogP contribution >= 0.6 is 15.9 Å². The van der Waals surface area contributed by atoms with Crippen LogP contribution in [0.5, 0.6) is 0 Å². The van der Waals surface area contributed by atoms with Gasteiger partial charge in [0.05, 0.1) is 0 Å². The fraction of sp³-hybridized carbons (Fsp3) is 0.933. The third kappa shape index (κ3) is 2.35. The van der Waals surface area contributed by atoms with E-state index in [0.717, 1.165) is 23.7 Å². The van der Waals surface area contributed by atoms with Crippen LogP contribution < -0.4 is 0 Å². The molecule has 3 unspecified atom stereocenters. The Morgan fingerprint density at radius 3 is 2.50 bits per heavy atom. The highest BCUT2D eigenvalue weighted by Gasteiger charge is 2.56. The molecule has 102 valence electrons. The Kier molecular flexibility index (Phi) is 3.97. The van der Waals surface area contributed by atoms with Crippen molar-refractivity contribution in [2.75, 3.05) is 11.9 Å². The van der Waals surface area contributed by atoms with E-state index in [1.165, 1.54) is 51.4 Å². The molecule has 0 aromatic heterocycles. The molecule has 0 spiro atoms. The second-order valence-electron chi connectivity index (χ2n) is 6.30. The van der Waals surface area contributed by atoms with Gasteiger partial charge in [-0.2, -0.15) is 0 Å². The predicted molar refractivity (Wildman–Crippen MR) is 76.7 cm³/mol. The number of halogens is 1. The maximum Gasteiger partial charge on any atom is 0.226 e. The quantitative estimate of drug-likeness (QED) is 0.726. The molecular formula is C15H24BrNO. The lowest BCUT2D eigenvalue weighted by Gasteiger charge is -2.25. The number of fused-ring (bicyclic) bond motifs is 1. The number of hydrogen-bond donors (Lipinski definition) is 0. The van der Waals surface area contributed by atoms with Gasteiger partial charge < -0.3 is 4.90 Å². The number of likely N-dealkylation sites (tertiary alicyclic amines) is 1. The second kappa shape index (κ2) is 5.52. The molecule has 0 aromatic carbocycles. The van der Waals surface area contributed by atoms with Gasteiger partial charge in [-0.1, -0.05) is 28.8 Å². The first kappa shape index (κ1) is 13.0. The molecule has 0 aromatic rings. The maximum atomic E-state index is 12.7. The highest BCUT2D eigenvalue weighted by atomic mass is 79.9. The van der Waals surface area contributed by atoms with Crippen molar-refractivity contribution in [3.63, 3.8) is 0 Å². The first-order valence-corrected chi connectivity index (χ1v) is 8.81. The molecule has 3 rings (SSSR count). The van der Waals surface area contributed by atoms with E-state index < -0.39 is 0 Å². The number of carbonyl (C=O) groups excluding carboxylic acids is 1. The largest absolute Gasteiger partial charge is 0.339 e. The van der Waals surface area contributed by atoms with E-state index in [9.17, 15) is 4.79 Å². The average molecular weight is 314 g/mol. The van der Waals surface area contributed by atoms with E-state index in [-0.39, 0.29) is 0 Å². The SMILES string of the molecule is O=C(C1C2CCCCC21)N1CCCC1CCCBr. The van der Waals surface area contributed by atoms with Gasteiger partial charge in [0.15, 0.2) is 0 Å². The summed E-state index contributed by atoms with van der Waals surface area (Å²) in [5.74, 6) is 2.48. The van der Waals surface area contributed by atoms with Crippen LogP contribution in [0.1, 0.15) is 51.4 Å².